The maximum atomic E-state index is 11.4. The molecule has 2 nitrogen and oxygen atoms in total. The average molecular weight is 191 g/mol. The van der Waals surface area contributed by atoms with Crippen LogP contribution in [-0.4, -0.2) is 12.6 Å². The van der Waals surface area contributed by atoms with Crippen LogP contribution in [0, 0.1) is 6.42 Å². The minimum absolute atomic E-state index is 0.235. The van der Waals surface area contributed by atoms with Crippen molar-refractivity contribution in [2.45, 2.75) is 19.8 Å². The predicted octanol–water partition coefficient (Wildman–Crippen LogP) is 2.85. The Bertz CT molecular complexity index is 267. The molecule has 0 atom stereocenters. The van der Waals surface area contributed by atoms with Crippen LogP contribution >= 0.6 is 0 Å². The van der Waals surface area contributed by atoms with Crippen molar-refractivity contribution in [3.8, 4) is 0 Å². The molecule has 0 N–H and O–H groups in total. The summed E-state index contributed by atoms with van der Waals surface area (Å²) in [5, 5.41) is 0. The van der Waals surface area contributed by atoms with Gasteiger partial charge in [0.1, 0.15) is 0 Å². The van der Waals surface area contributed by atoms with Crippen molar-refractivity contribution in [3.05, 3.63) is 42.3 Å². The van der Waals surface area contributed by atoms with Crippen LogP contribution in [0.1, 0.15) is 30.1 Å². The summed E-state index contributed by atoms with van der Waals surface area (Å²) in [6.07, 6.45) is 3.95. The van der Waals surface area contributed by atoms with Gasteiger partial charge >= 0.3 is 5.97 Å². The first kappa shape index (κ1) is 10.8. The van der Waals surface area contributed by atoms with Gasteiger partial charge in [0.25, 0.3) is 0 Å². The lowest BCUT2D eigenvalue weighted by molar-refractivity contribution is 0.0500. The normalized spacial score (nSPS) is 9.79. The summed E-state index contributed by atoms with van der Waals surface area (Å²) < 4.78 is 5.07. The molecule has 0 saturated heterocycles. The molecule has 0 spiro atoms. The van der Waals surface area contributed by atoms with E-state index in [9.17, 15) is 4.79 Å². The third-order valence-corrected chi connectivity index (χ3v) is 1.88. The minimum Gasteiger partial charge on any atom is -0.462 e. The van der Waals surface area contributed by atoms with Gasteiger partial charge in [0.15, 0.2) is 0 Å². The Morgan fingerprint density at radius 1 is 1.36 bits per heavy atom. The molecule has 0 fully saturated rings. The van der Waals surface area contributed by atoms with Crippen LogP contribution in [0.25, 0.3) is 0 Å². The number of unbranched alkanes of at least 4 members (excludes halogenated alkanes) is 2. The first-order chi connectivity index (χ1) is 6.84. The van der Waals surface area contributed by atoms with Gasteiger partial charge in [-0.05, 0) is 31.4 Å². The Hall–Kier alpha value is -1.31. The zero-order valence-electron chi connectivity index (χ0n) is 8.40. The van der Waals surface area contributed by atoms with Gasteiger partial charge in [-0.2, -0.15) is 0 Å². The SMILES string of the molecule is C[CH]CCCOC(=O)c1ccccc1. The second-order valence-corrected chi connectivity index (χ2v) is 3.05. The molecule has 0 aromatic heterocycles. The number of ether oxygens (including phenoxy) is 1. The molecule has 2 heteroatoms. The predicted molar refractivity (Wildman–Crippen MR) is 55.9 cm³/mol. The molecule has 0 aliphatic carbocycles. The summed E-state index contributed by atoms with van der Waals surface area (Å²) in [6.45, 7) is 2.50. The largest absolute Gasteiger partial charge is 0.462 e. The summed E-state index contributed by atoms with van der Waals surface area (Å²) in [5.41, 5.74) is 0.618. The third-order valence-electron chi connectivity index (χ3n) is 1.88. The molecule has 0 bridgehead atoms. The molecule has 0 heterocycles. The van der Waals surface area contributed by atoms with Crippen molar-refractivity contribution < 1.29 is 9.53 Å². The minimum atomic E-state index is -0.235. The quantitative estimate of drug-likeness (QED) is 0.528. The van der Waals surface area contributed by atoms with Crippen LogP contribution < -0.4 is 0 Å². The van der Waals surface area contributed by atoms with Crippen LogP contribution in [-0.2, 0) is 4.74 Å². The Balaban J connectivity index is 2.29. The summed E-state index contributed by atoms with van der Waals surface area (Å²) in [4.78, 5) is 11.4. The molecular formula is C12H15O2. The van der Waals surface area contributed by atoms with Crippen molar-refractivity contribution in [2.75, 3.05) is 6.61 Å². The summed E-state index contributed by atoms with van der Waals surface area (Å²) in [5.74, 6) is -0.235. The van der Waals surface area contributed by atoms with E-state index in [-0.39, 0.29) is 5.97 Å². The average Bonchev–Trinajstić information content (AvgIpc) is 2.25. The zero-order chi connectivity index (χ0) is 10.2. The number of hydrogen-bond acceptors (Lipinski definition) is 2. The number of benzene rings is 1. The van der Waals surface area contributed by atoms with E-state index < -0.39 is 0 Å². The first-order valence-electron chi connectivity index (χ1n) is 4.84. The van der Waals surface area contributed by atoms with E-state index in [1.807, 2.05) is 25.1 Å². The van der Waals surface area contributed by atoms with E-state index in [1.165, 1.54) is 0 Å². The summed E-state index contributed by atoms with van der Waals surface area (Å²) >= 11 is 0. The maximum Gasteiger partial charge on any atom is 0.338 e. The third kappa shape index (κ3) is 3.60. The highest BCUT2D eigenvalue weighted by molar-refractivity contribution is 5.89. The van der Waals surface area contributed by atoms with Crippen molar-refractivity contribution >= 4 is 5.97 Å². The first-order valence-corrected chi connectivity index (χ1v) is 4.84. The number of carbonyl (C=O) groups excluding carboxylic acids is 1. The lowest BCUT2D eigenvalue weighted by atomic mass is 10.2. The Kier molecular flexibility index (Phi) is 4.76. The fraction of sp³-hybridized carbons (Fsp3) is 0.333. The summed E-state index contributed by atoms with van der Waals surface area (Å²) in [6, 6.07) is 9.05. The Morgan fingerprint density at radius 2 is 2.07 bits per heavy atom. The van der Waals surface area contributed by atoms with Crippen LogP contribution in [0.5, 0.6) is 0 Å². The van der Waals surface area contributed by atoms with E-state index in [4.69, 9.17) is 4.74 Å². The molecule has 0 amide bonds. The molecule has 1 aromatic carbocycles. The van der Waals surface area contributed by atoms with Gasteiger partial charge in [-0.1, -0.05) is 25.1 Å². The molecule has 14 heavy (non-hydrogen) atoms. The monoisotopic (exact) mass is 191 g/mol. The molecule has 1 rings (SSSR count). The van der Waals surface area contributed by atoms with Crippen LogP contribution in [0.4, 0.5) is 0 Å². The lowest BCUT2D eigenvalue weighted by Crippen LogP contribution is -2.05. The number of hydrogen-bond donors (Lipinski definition) is 0. The summed E-state index contributed by atoms with van der Waals surface area (Å²) in [7, 11) is 0. The van der Waals surface area contributed by atoms with Gasteiger partial charge in [-0.3, -0.25) is 0 Å². The molecule has 0 saturated carbocycles. The van der Waals surface area contributed by atoms with E-state index in [2.05, 4.69) is 6.42 Å². The Labute approximate surface area is 84.9 Å². The lowest BCUT2D eigenvalue weighted by Gasteiger charge is -2.03. The van der Waals surface area contributed by atoms with Crippen LogP contribution in [0.2, 0.25) is 0 Å². The number of carbonyl (C=O) groups is 1. The van der Waals surface area contributed by atoms with E-state index >= 15 is 0 Å². The van der Waals surface area contributed by atoms with Crippen LogP contribution in [0.15, 0.2) is 30.3 Å². The zero-order valence-corrected chi connectivity index (χ0v) is 8.40. The van der Waals surface area contributed by atoms with Gasteiger partial charge in [0.05, 0.1) is 12.2 Å². The smallest absolute Gasteiger partial charge is 0.338 e. The van der Waals surface area contributed by atoms with Crippen molar-refractivity contribution in [2.24, 2.45) is 0 Å². The molecule has 0 unspecified atom stereocenters. The second kappa shape index (κ2) is 6.19. The highest BCUT2D eigenvalue weighted by Crippen LogP contribution is 2.02. The van der Waals surface area contributed by atoms with Gasteiger partial charge < -0.3 is 4.74 Å². The molecule has 0 aliphatic heterocycles. The molecule has 75 valence electrons. The number of esters is 1. The molecule has 1 radical (unpaired) electrons. The molecular weight excluding hydrogens is 176 g/mol. The fourth-order valence-electron chi connectivity index (χ4n) is 1.11. The maximum absolute atomic E-state index is 11.4. The van der Waals surface area contributed by atoms with Crippen molar-refractivity contribution in [3.63, 3.8) is 0 Å². The van der Waals surface area contributed by atoms with Crippen molar-refractivity contribution in [1.82, 2.24) is 0 Å². The standard InChI is InChI=1S/C12H15O2/c1-2-3-7-10-14-12(13)11-8-5-4-6-9-11/h2,4-6,8-9H,3,7,10H2,1H3. The van der Waals surface area contributed by atoms with E-state index in [0.29, 0.717) is 12.2 Å². The van der Waals surface area contributed by atoms with Gasteiger partial charge in [0.2, 0.25) is 0 Å². The number of rotatable bonds is 5. The highest BCUT2D eigenvalue weighted by atomic mass is 16.5. The van der Waals surface area contributed by atoms with Gasteiger partial charge in [-0.25, -0.2) is 4.79 Å². The van der Waals surface area contributed by atoms with E-state index in [1.54, 1.807) is 12.1 Å². The van der Waals surface area contributed by atoms with E-state index in [0.717, 1.165) is 12.8 Å². The van der Waals surface area contributed by atoms with Crippen LogP contribution in [0.3, 0.4) is 0 Å². The van der Waals surface area contributed by atoms with Crippen molar-refractivity contribution in [1.29, 1.82) is 0 Å². The molecule has 0 aliphatic rings. The Morgan fingerprint density at radius 3 is 2.71 bits per heavy atom. The van der Waals surface area contributed by atoms with Gasteiger partial charge in [-0.15, -0.1) is 0 Å². The molecule has 1 aromatic rings. The van der Waals surface area contributed by atoms with Gasteiger partial charge in [0, 0.05) is 0 Å². The second-order valence-electron chi connectivity index (χ2n) is 3.05. The highest BCUT2D eigenvalue weighted by Gasteiger charge is 2.04. The topological polar surface area (TPSA) is 26.3 Å². The fourth-order valence-corrected chi connectivity index (χ4v) is 1.11.